The largest absolute Gasteiger partial charge is 0.306 e. The highest BCUT2D eigenvalue weighted by Crippen LogP contribution is 2.19. The van der Waals surface area contributed by atoms with Crippen molar-refractivity contribution in [3.63, 3.8) is 0 Å². The van der Waals surface area contributed by atoms with Gasteiger partial charge in [-0.15, -0.1) is 0 Å². The van der Waals surface area contributed by atoms with Gasteiger partial charge in [-0.3, -0.25) is 0 Å². The van der Waals surface area contributed by atoms with Gasteiger partial charge in [0.25, 0.3) is 0 Å². The maximum atomic E-state index is 12.6. The van der Waals surface area contributed by atoms with Crippen molar-refractivity contribution in [3.8, 4) is 0 Å². The van der Waals surface area contributed by atoms with Crippen LogP contribution in [0.4, 0.5) is 0 Å². The molecule has 0 bridgehead atoms. The third-order valence-electron chi connectivity index (χ3n) is 4.49. The fourth-order valence-corrected chi connectivity index (χ4v) is 4.79. The minimum atomic E-state index is -3.56. The van der Waals surface area contributed by atoms with Crippen molar-refractivity contribution in [2.24, 2.45) is 0 Å². The van der Waals surface area contributed by atoms with Gasteiger partial charge in [0.05, 0.1) is 4.90 Å². The Morgan fingerprint density at radius 2 is 1.79 bits per heavy atom. The molecule has 1 aromatic rings. The van der Waals surface area contributed by atoms with Gasteiger partial charge in [0.1, 0.15) is 0 Å². The first-order chi connectivity index (χ1) is 11.1. The summed E-state index contributed by atoms with van der Waals surface area (Å²) in [5, 5.41) is 0.523. The third-order valence-corrected chi connectivity index (χ3v) is 6.46. The number of likely N-dealkylation sites (tertiary alicyclic amines) is 1. The summed E-state index contributed by atoms with van der Waals surface area (Å²) in [6.45, 7) is 6.68. The van der Waals surface area contributed by atoms with Crippen LogP contribution in [0.25, 0.3) is 0 Å². The molecule has 5 nitrogen and oxygen atoms in total. The first kappa shape index (κ1) is 19.7. The molecule has 136 valence electrons. The molecule has 1 aliphatic rings. The van der Waals surface area contributed by atoms with Gasteiger partial charge in [-0.25, -0.2) is 13.1 Å². The summed E-state index contributed by atoms with van der Waals surface area (Å²) in [6, 6.07) is 6.74. The Labute approximate surface area is 151 Å². The van der Waals surface area contributed by atoms with Crippen molar-refractivity contribution in [1.29, 1.82) is 0 Å². The lowest BCUT2D eigenvalue weighted by Crippen LogP contribution is -2.53. The summed E-state index contributed by atoms with van der Waals surface area (Å²) in [4.78, 5) is 4.85. The zero-order valence-electron chi connectivity index (χ0n) is 14.9. The number of rotatable bonds is 6. The molecule has 1 saturated heterocycles. The van der Waals surface area contributed by atoms with Gasteiger partial charge in [0.15, 0.2) is 0 Å². The maximum absolute atomic E-state index is 12.6. The molecule has 0 amide bonds. The molecule has 0 aromatic heterocycles. The topological polar surface area (TPSA) is 52.6 Å². The molecule has 0 aliphatic carbocycles. The van der Waals surface area contributed by atoms with Crippen molar-refractivity contribution in [2.75, 3.05) is 33.7 Å². The van der Waals surface area contributed by atoms with E-state index in [2.05, 4.69) is 28.6 Å². The van der Waals surface area contributed by atoms with E-state index < -0.39 is 15.6 Å². The molecule has 2 rings (SSSR count). The summed E-state index contributed by atoms with van der Waals surface area (Å²) < 4.78 is 28.0. The summed E-state index contributed by atoms with van der Waals surface area (Å²) in [7, 11) is 0.654. The van der Waals surface area contributed by atoms with Crippen molar-refractivity contribution in [2.45, 2.75) is 43.2 Å². The highest BCUT2D eigenvalue weighted by atomic mass is 35.5. The van der Waals surface area contributed by atoms with Gasteiger partial charge in [-0.05, 0) is 78.1 Å². The Morgan fingerprint density at radius 1 is 1.25 bits per heavy atom. The molecule has 1 N–H and O–H groups in total. The SMILES string of the molecule is CN1CCC(N(C)CC(C)(C)NS(=O)(=O)c2ccc(Cl)cc2)CC1. The number of piperidine rings is 1. The number of benzene rings is 1. The molecule has 0 saturated carbocycles. The number of nitrogens with zero attached hydrogens (tertiary/aromatic N) is 2. The van der Waals surface area contributed by atoms with E-state index in [0.29, 0.717) is 17.6 Å². The summed E-state index contributed by atoms with van der Waals surface area (Å²) in [5.74, 6) is 0. The van der Waals surface area contributed by atoms with E-state index in [1.807, 2.05) is 13.8 Å². The van der Waals surface area contributed by atoms with Gasteiger partial charge >= 0.3 is 0 Å². The summed E-state index contributed by atoms with van der Waals surface area (Å²) in [6.07, 6.45) is 2.24. The lowest BCUT2D eigenvalue weighted by molar-refractivity contribution is 0.124. The summed E-state index contributed by atoms with van der Waals surface area (Å²) >= 11 is 5.83. The molecule has 1 aromatic carbocycles. The predicted molar refractivity (Wildman–Crippen MR) is 99.0 cm³/mol. The molecule has 1 heterocycles. The quantitative estimate of drug-likeness (QED) is 0.832. The first-order valence-electron chi connectivity index (χ1n) is 8.27. The number of halogens is 1. The van der Waals surface area contributed by atoms with Crippen LogP contribution in [0.15, 0.2) is 29.2 Å². The Hall–Kier alpha value is -0.660. The van der Waals surface area contributed by atoms with Crippen molar-refractivity contribution < 1.29 is 8.42 Å². The number of likely N-dealkylation sites (N-methyl/N-ethyl adjacent to an activating group) is 1. The van der Waals surface area contributed by atoms with E-state index in [4.69, 9.17) is 11.6 Å². The van der Waals surface area contributed by atoms with Crippen LogP contribution in [0.2, 0.25) is 5.02 Å². The van der Waals surface area contributed by atoms with Crippen LogP contribution >= 0.6 is 11.6 Å². The number of hydrogen-bond donors (Lipinski definition) is 1. The van der Waals surface area contributed by atoms with Gasteiger partial charge < -0.3 is 9.80 Å². The minimum Gasteiger partial charge on any atom is -0.306 e. The Bertz CT molecular complexity index is 638. The Morgan fingerprint density at radius 3 is 2.33 bits per heavy atom. The first-order valence-corrected chi connectivity index (χ1v) is 10.1. The van der Waals surface area contributed by atoms with Crippen LogP contribution in [0.1, 0.15) is 26.7 Å². The number of sulfonamides is 1. The lowest BCUT2D eigenvalue weighted by atomic mass is 10.0. The molecule has 0 spiro atoms. The molecule has 0 radical (unpaired) electrons. The Balaban J connectivity index is 2.00. The molecule has 0 unspecified atom stereocenters. The fourth-order valence-electron chi connectivity index (χ4n) is 3.26. The number of nitrogens with one attached hydrogen (secondary N) is 1. The molecule has 24 heavy (non-hydrogen) atoms. The highest BCUT2D eigenvalue weighted by Gasteiger charge is 2.30. The van der Waals surface area contributed by atoms with Crippen molar-refractivity contribution in [3.05, 3.63) is 29.3 Å². The van der Waals surface area contributed by atoms with Crippen LogP contribution in [-0.4, -0.2) is 63.5 Å². The average molecular weight is 374 g/mol. The molecule has 7 heteroatoms. The standard InChI is InChI=1S/C17H28ClN3O2S/c1-17(2,13-21(4)15-9-11-20(3)12-10-15)19-24(22,23)16-7-5-14(18)6-8-16/h5-8,15,19H,9-13H2,1-4H3. The average Bonchev–Trinajstić information content (AvgIpc) is 2.46. The molecule has 1 fully saturated rings. The summed E-state index contributed by atoms with van der Waals surface area (Å²) in [5.41, 5.74) is -0.559. The van der Waals surface area contributed by atoms with Crippen molar-refractivity contribution >= 4 is 21.6 Å². The zero-order chi connectivity index (χ0) is 18.0. The van der Waals surface area contributed by atoms with E-state index >= 15 is 0 Å². The second-order valence-corrected chi connectivity index (χ2v) is 9.51. The normalized spacial score (nSPS) is 18.2. The van der Waals surface area contributed by atoms with Crippen LogP contribution in [0, 0.1) is 0 Å². The van der Waals surface area contributed by atoms with Crippen LogP contribution in [0.3, 0.4) is 0 Å². The second-order valence-electron chi connectivity index (χ2n) is 7.39. The van der Waals surface area contributed by atoms with E-state index in [9.17, 15) is 8.42 Å². The van der Waals surface area contributed by atoms with E-state index in [1.54, 1.807) is 12.1 Å². The van der Waals surface area contributed by atoms with Gasteiger partial charge in [-0.2, -0.15) is 0 Å². The van der Waals surface area contributed by atoms with E-state index in [0.717, 1.165) is 25.9 Å². The van der Waals surface area contributed by atoms with E-state index in [-0.39, 0.29) is 4.90 Å². The monoisotopic (exact) mass is 373 g/mol. The number of hydrogen-bond acceptors (Lipinski definition) is 4. The third kappa shape index (κ3) is 5.43. The molecule has 0 atom stereocenters. The maximum Gasteiger partial charge on any atom is 0.241 e. The minimum absolute atomic E-state index is 0.238. The van der Waals surface area contributed by atoms with Crippen molar-refractivity contribution in [1.82, 2.24) is 14.5 Å². The molecule has 1 aliphatic heterocycles. The van der Waals surface area contributed by atoms with Crippen LogP contribution in [-0.2, 0) is 10.0 Å². The van der Waals surface area contributed by atoms with Gasteiger partial charge in [-0.1, -0.05) is 11.6 Å². The smallest absolute Gasteiger partial charge is 0.241 e. The zero-order valence-corrected chi connectivity index (χ0v) is 16.5. The molecular formula is C17H28ClN3O2S. The lowest BCUT2D eigenvalue weighted by Gasteiger charge is -2.39. The van der Waals surface area contributed by atoms with Crippen LogP contribution < -0.4 is 4.72 Å². The van der Waals surface area contributed by atoms with Crippen LogP contribution in [0.5, 0.6) is 0 Å². The van der Waals surface area contributed by atoms with E-state index in [1.165, 1.54) is 12.1 Å². The highest BCUT2D eigenvalue weighted by molar-refractivity contribution is 7.89. The fraction of sp³-hybridized carbons (Fsp3) is 0.647. The predicted octanol–water partition coefficient (Wildman–Crippen LogP) is 2.42. The van der Waals surface area contributed by atoms with Gasteiger partial charge in [0, 0.05) is 23.1 Å². The molecular weight excluding hydrogens is 346 g/mol. The second kappa shape index (κ2) is 7.70. The Kier molecular flexibility index (Phi) is 6.31. The van der Waals surface area contributed by atoms with Gasteiger partial charge in [0.2, 0.25) is 10.0 Å².